The van der Waals surface area contributed by atoms with Gasteiger partial charge in [-0.3, -0.25) is 4.99 Å². The van der Waals surface area contributed by atoms with Crippen LogP contribution in [0.3, 0.4) is 0 Å². The Morgan fingerprint density at radius 3 is 2.61 bits per heavy atom. The average molecular weight is 341 g/mol. The lowest BCUT2D eigenvalue weighted by Crippen LogP contribution is -2.40. The van der Waals surface area contributed by atoms with Crippen LogP contribution in [0.1, 0.15) is 44.5 Å². The van der Waals surface area contributed by atoms with Crippen LogP contribution >= 0.6 is 11.3 Å². The molecule has 2 N–H and O–H groups in total. The smallest absolute Gasteiger partial charge is 0.191 e. The van der Waals surface area contributed by atoms with Gasteiger partial charge in [0.2, 0.25) is 0 Å². The minimum atomic E-state index is 0.0764. The van der Waals surface area contributed by atoms with Crippen LogP contribution < -0.4 is 10.6 Å². The van der Waals surface area contributed by atoms with E-state index < -0.39 is 0 Å². The second-order valence-corrected chi connectivity index (χ2v) is 7.76. The predicted molar refractivity (Wildman–Crippen MR) is 99.4 cm³/mol. The van der Waals surface area contributed by atoms with Gasteiger partial charge in [-0.1, -0.05) is 27.7 Å². The first-order chi connectivity index (χ1) is 10.9. The number of ether oxygens (including phenoxy) is 1. The highest BCUT2D eigenvalue weighted by atomic mass is 32.1. The zero-order valence-electron chi connectivity index (χ0n) is 15.4. The summed E-state index contributed by atoms with van der Waals surface area (Å²) in [6, 6.07) is 0. The molecule has 0 aliphatic carbocycles. The van der Waals surface area contributed by atoms with Crippen molar-refractivity contribution in [1.82, 2.24) is 15.6 Å². The molecule has 1 aromatic rings. The van der Waals surface area contributed by atoms with Crippen molar-refractivity contribution in [2.45, 2.75) is 53.6 Å². The molecule has 6 heteroatoms. The van der Waals surface area contributed by atoms with Gasteiger partial charge in [-0.05, 0) is 18.8 Å². The lowest BCUT2D eigenvalue weighted by atomic mass is 9.89. The molecule has 0 aliphatic rings. The van der Waals surface area contributed by atoms with Gasteiger partial charge in [-0.15, -0.1) is 11.3 Å². The molecule has 0 spiro atoms. The maximum absolute atomic E-state index is 5.56. The van der Waals surface area contributed by atoms with E-state index in [4.69, 9.17) is 4.74 Å². The Morgan fingerprint density at radius 2 is 2.09 bits per heavy atom. The van der Waals surface area contributed by atoms with Crippen LogP contribution in [0, 0.1) is 5.41 Å². The number of hydrogen-bond donors (Lipinski definition) is 2. The molecule has 1 heterocycles. The maximum atomic E-state index is 5.56. The number of aromatic nitrogens is 1. The number of rotatable bonds is 8. The van der Waals surface area contributed by atoms with Crippen LogP contribution in [0.5, 0.6) is 0 Å². The number of aliphatic imine (C=N–C) groups is 1. The fraction of sp³-hybridized carbons (Fsp3) is 0.765. The monoisotopic (exact) mass is 340 g/mol. The number of hydrogen-bond acceptors (Lipinski definition) is 4. The van der Waals surface area contributed by atoms with Crippen LogP contribution in [0.25, 0.3) is 0 Å². The van der Waals surface area contributed by atoms with Crippen LogP contribution in [-0.2, 0) is 17.6 Å². The molecule has 1 atom stereocenters. The van der Waals surface area contributed by atoms with Gasteiger partial charge < -0.3 is 15.4 Å². The van der Waals surface area contributed by atoms with Crippen molar-refractivity contribution in [3.05, 3.63) is 16.1 Å². The molecule has 0 aliphatic heterocycles. The van der Waals surface area contributed by atoms with Gasteiger partial charge >= 0.3 is 0 Å². The third-order valence-corrected chi connectivity index (χ3v) is 4.79. The zero-order chi connectivity index (χ0) is 17.3. The van der Waals surface area contributed by atoms with Gasteiger partial charge in [0.1, 0.15) is 0 Å². The fourth-order valence-electron chi connectivity index (χ4n) is 2.13. The van der Waals surface area contributed by atoms with Crippen molar-refractivity contribution in [3.63, 3.8) is 0 Å². The highest BCUT2D eigenvalue weighted by Gasteiger charge is 2.24. The topological polar surface area (TPSA) is 58.5 Å². The Bertz CT molecular complexity index is 479. The van der Waals surface area contributed by atoms with Gasteiger partial charge in [0.25, 0.3) is 0 Å². The predicted octanol–water partition coefficient (Wildman–Crippen LogP) is 2.86. The second kappa shape index (κ2) is 9.88. The summed E-state index contributed by atoms with van der Waals surface area (Å²) in [5, 5.41) is 7.84. The Balaban J connectivity index is 2.51. The van der Waals surface area contributed by atoms with Crippen molar-refractivity contribution in [2.24, 2.45) is 10.4 Å². The SMILES string of the molecule is CCNC(=NCC(OC)C(C)(C)C)NCCc1ncc(CC)s1. The molecule has 0 amide bonds. The van der Waals surface area contributed by atoms with Crippen molar-refractivity contribution in [2.75, 3.05) is 26.7 Å². The summed E-state index contributed by atoms with van der Waals surface area (Å²) in [6.45, 7) is 13.1. The minimum absolute atomic E-state index is 0.0764. The van der Waals surface area contributed by atoms with Gasteiger partial charge in [-0.2, -0.15) is 0 Å². The van der Waals surface area contributed by atoms with Gasteiger partial charge in [0.05, 0.1) is 17.7 Å². The summed E-state index contributed by atoms with van der Waals surface area (Å²) in [5.41, 5.74) is 0.0764. The van der Waals surface area contributed by atoms with Crippen LogP contribution in [0.4, 0.5) is 0 Å². The van der Waals surface area contributed by atoms with E-state index in [1.807, 2.05) is 6.20 Å². The van der Waals surface area contributed by atoms with E-state index in [0.717, 1.165) is 31.9 Å². The highest BCUT2D eigenvalue weighted by Crippen LogP contribution is 2.21. The largest absolute Gasteiger partial charge is 0.379 e. The van der Waals surface area contributed by atoms with Gasteiger partial charge in [-0.25, -0.2) is 4.98 Å². The summed E-state index contributed by atoms with van der Waals surface area (Å²) in [6.07, 6.45) is 4.05. The van der Waals surface area contributed by atoms with E-state index in [1.165, 1.54) is 9.88 Å². The van der Waals surface area contributed by atoms with Crippen LogP contribution in [0.2, 0.25) is 0 Å². The Hall–Kier alpha value is -1.14. The molecule has 1 rings (SSSR count). The molecule has 0 radical (unpaired) electrons. The summed E-state index contributed by atoms with van der Waals surface area (Å²) in [5.74, 6) is 0.839. The molecule has 0 aromatic carbocycles. The summed E-state index contributed by atoms with van der Waals surface area (Å²) < 4.78 is 5.56. The Labute approximate surface area is 145 Å². The number of methoxy groups -OCH3 is 1. The van der Waals surface area contributed by atoms with E-state index in [2.05, 4.69) is 55.2 Å². The van der Waals surface area contributed by atoms with E-state index in [0.29, 0.717) is 6.54 Å². The first kappa shape index (κ1) is 19.9. The zero-order valence-corrected chi connectivity index (χ0v) is 16.2. The lowest BCUT2D eigenvalue weighted by molar-refractivity contribution is 0.0241. The Kier molecular flexibility index (Phi) is 8.55. The molecular weight excluding hydrogens is 308 g/mol. The highest BCUT2D eigenvalue weighted by molar-refractivity contribution is 7.11. The van der Waals surface area contributed by atoms with Crippen LogP contribution in [0.15, 0.2) is 11.2 Å². The molecule has 1 unspecified atom stereocenters. The molecule has 23 heavy (non-hydrogen) atoms. The average Bonchev–Trinajstić information content (AvgIpc) is 2.94. The first-order valence-corrected chi connectivity index (χ1v) is 9.20. The number of thiazole rings is 1. The summed E-state index contributed by atoms with van der Waals surface area (Å²) in [7, 11) is 1.75. The molecule has 1 aromatic heterocycles. The number of nitrogens with one attached hydrogen (secondary N) is 2. The van der Waals surface area contributed by atoms with Crippen LogP contribution in [-0.4, -0.2) is 43.8 Å². The summed E-state index contributed by atoms with van der Waals surface area (Å²) in [4.78, 5) is 10.4. The van der Waals surface area contributed by atoms with Gasteiger partial charge in [0, 0.05) is 37.7 Å². The molecule has 0 bridgehead atoms. The lowest BCUT2D eigenvalue weighted by Gasteiger charge is -2.28. The molecule has 5 nitrogen and oxygen atoms in total. The van der Waals surface area contributed by atoms with E-state index in [9.17, 15) is 0 Å². The second-order valence-electron chi connectivity index (χ2n) is 6.56. The maximum Gasteiger partial charge on any atom is 0.191 e. The standard InChI is InChI=1S/C17H32N4OS/c1-7-13-11-20-15(23-13)9-10-19-16(18-8-2)21-12-14(22-6)17(3,4)5/h11,14H,7-10,12H2,1-6H3,(H2,18,19,21). The third-order valence-electron chi connectivity index (χ3n) is 3.59. The molecule has 0 saturated heterocycles. The molecule has 0 saturated carbocycles. The van der Waals surface area contributed by atoms with E-state index in [-0.39, 0.29) is 11.5 Å². The van der Waals surface area contributed by atoms with Crippen molar-refractivity contribution in [1.29, 1.82) is 0 Å². The van der Waals surface area contributed by atoms with E-state index in [1.54, 1.807) is 18.4 Å². The van der Waals surface area contributed by atoms with Crippen molar-refractivity contribution >= 4 is 17.3 Å². The van der Waals surface area contributed by atoms with Crippen molar-refractivity contribution < 1.29 is 4.74 Å². The van der Waals surface area contributed by atoms with E-state index >= 15 is 0 Å². The third kappa shape index (κ3) is 7.31. The van der Waals surface area contributed by atoms with Gasteiger partial charge in [0.15, 0.2) is 5.96 Å². The number of aryl methyl sites for hydroxylation is 1. The quantitative estimate of drug-likeness (QED) is 0.564. The fourth-order valence-corrected chi connectivity index (χ4v) is 2.99. The minimum Gasteiger partial charge on any atom is -0.379 e. The Morgan fingerprint density at radius 1 is 1.35 bits per heavy atom. The summed E-state index contributed by atoms with van der Waals surface area (Å²) >= 11 is 1.79. The van der Waals surface area contributed by atoms with Crippen molar-refractivity contribution in [3.8, 4) is 0 Å². The molecular formula is C17H32N4OS. The number of nitrogens with zero attached hydrogens (tertiary/aromatic N) is 2. The normalized spacial score (nSPS) is 13.9. The molecule has 0 fully saturated rings. The number of guanidine groups is 1. The molecule has 132 valence electrons. The first-order valence-electron chi connectivity index (χ1n) is 8.39.